The van der Waals surface area contributed by atoms with Gasteiger partial charge in [0.25, 0.3) is 5.91 Å². The van der Waals surface area contributed by atoms with E-state index >= 15 is 0 Å². The second kappa shape index (κ2) is 9.46. The van der Waals surface area contributed by atoms with E-state index in [4.69, 9.17) is 4.42 Å². The lowest BCUT2D eigenvalue weighted by Crippen LogP contribution is -2.36. The molecule has 0 aliphatic carbocycles. The van der Waals surface area contributed by atoms with E-state index < -0.39 is 0 Å². The van der Waals surface area contributed by atoms with Crippen molar-refractivity contribution in [2.45, 2.75) is 12.8 Å². The van der Waals surface area contributed by atoms with E-state index in [2.05, 4.69) is 15.2 Å². The minimum absolute atomic E-state index is 0.120. The molecule has 1 fully saturated rings. The first-order valence-corrected chi connectivity index (χ1v) is 11.8. The summed E-state index contributed by atoms with van der Waals surface area (Å²) >= 11 is 1.63. The molecule has 0 radical (unpaired) electrons. The van der Waals surface area contributed by atoms with E-state index in [1.54, 1.807) is 17.4 Å². The number of hydrogen-bond donors (Lipinski definition) is 1. The largest absolute Gasteiger partial charge is 0.451 e. The van der Waals surface area contributed by atoms with Crippen LogP contribution in [0.2, 0.25) is 0 Å². The van der Waals surface area contributed by atoms with Crippen molar-refractivity contribution in [2.75, 3.05) is 36.4 Å². The lowest BCUT2D eigenvalue weighted by atomic mass is 10.1. The lowest BCUT2D eigenvalue weighted by Gasteiger charge is -2.21. The van der Waals surface area contributed by atoms with E-state index in [1.807, 2.05) is 65.0 Å². The van der Waals surface area contributed by atoms with Crippen LogP contribution in [0.15, 0.2) is 70.6 Å². The van der Waals surface area contributed by atoms with Crippen molar-refractivity contribution in [1.29, 1.82) is 0 Å². The standard InChI is InChI=1S/C25H24N4O3S/c30-23(28-11-3-12-29(14-13-28)25-26-10-15-33-25)16-18-6-8-20(9-7-18)27-24(31)22-17-19-4-1-2-5-21(19)32-22/h1-2,4-10,15,17H,3,11-14,16H2,(H,27,31). The van der Waals surface area contributed by atoms with Crippen molar-refractivity contribution in [3.63, 3.8) is 0 Å². The first-order valence-electron chi connectivity index (χ1n) is 11.0. The highest BCUT2D eigenvalue weighted by Crippen LogP contribution is 2.21. The van der Waals surface area contributed by atoms with Gasteiger partial charge in [0.05, 0.1) is 6.42 Å². The summed E-state index contributed by atoms with van der Waals surface area (Å²) < 4.78 is 5.62. The van der Waals surface area contributed by atoms with E-state index in [1.165, 1.54) is 0 Å². The maximum atomic E-state index is 12.9. The van der Waals surface area contributed by atoms with Crippen molar-refractivity contribution in [1.82, 2.24) is 9.88 Å². The molecule has 1 aliphatic heterocycles. The predicted molar refractivity (Wildman–Crippen MR) is 130 cm³/mol. The molecule has 8 heteroatoms. The molecule has 33 heavy (non-hydrogen) atoms. The quantitative estimate of drug-likeness (QED) is 0.477. The maximum Gasteiger partial charge on any atom is 0.291 e. The summed E-state index contributed by atoms with van der Waals surface area (Å²) in [6, 6.07) is 16.6. The second-order valence-electron chi connectivity index (χ2n) is 8.01. The number of nitrogens with zero attached hydrogens (tertiary/aromatic N) is 3. The van der Waals surface area contributed by atoms with Crippen LogP contribution in [-0.2, 0) is 11.2 Å². The Hall–Kier alpha value is -3.65. The number of carbonyl (C=O) groups is 2. The van der Waals surface area contributed by atoms with Crippen molar-refractivity contribution in [3.8, 4) is 0 Å². The summed E-state index contributed by atoms with van der Waals surface area (Å²) in [6.45, 7) is 3.17. The highest BCUT2D eigenvalue weighted by atomic mass is 32.1. The Labute approximate surface area is 195 Å². The smallest absolute Gasteiger partial charge is 0.291 e. The minimum Gasteiger partial charge on any atom is -0.451 e. The number of benzene rings is 2. The van der Waals surface area contributed by atoms with E-state index in [0.29, 0.717) is 24.2 Å². The monoisotopic (exact) mass is 460 g/mol. The normalized spacial score (nSPS) is 14.3. The van der Waals surface area contributed by atoms with Crippen molar-refractivity contribution < 1.29 is 14.0 Å². The average Bonchev–Trinajstić information content (AvgIpc) is 3.45. The Morgan fingerprint density at radius 3 is 2.67 bits per heavy atom. The van der Waals surface area contributed by atoms with E-state index in [0.717, 1.165) is 42.1 Å². The number of anilines is 2. The third-order valence-corrected chi connectivity index (χ3v) is 6.59. The van der Waals surface area contributed by atoms with Gasteiger partial charge in [-0.25, -0.2) is 4.98 Å². The number of aromatic nitrogens is 1. The number of thiazole rings is 1. The Morgan fingerprint density at radius 1 is 1.03 bits per heavy atom. The number of para-hydroxylation sites is 1. The van der Waals surface area contributed by atoms with E-state index in [9.17, 15) is 9.59 Å². The SMILES string of the molecule is O=C(Nc1ccc(CC(=O)N2CCCN(c3nccs3)CC2)cc1)c1cc2ccccc2o1. The highest BCUT2D eigenvalue weighted by molar-refractivity contribution is 7.13. The van der Waals surface area contributed by atoms with Gasteiger partial charge in [-0.15, -0.1) is 11.3 Å². The van der Waals surface area contributed by atoms with Crippen LogP contribution < -0.4 is 10.2 Å². The number of fused-ring (bicyclic) bond motifs is 1. The molecule has 5 rings (SSSR count). The van der Waals surface area contributed by atoms with Crippen LogP contribution in [0.4, 0.5) is 10.8 Å². The molecule has 3 heterocycles. The molecule has 1 saturated heterocycles. The van der Waals surface area contributed by atoms with Gasteiger partial charge in [-0.1, -0.05) is 30.3 Å². The molecule has 4 aromatic rings. The molecule has 7 nitrogen and oxygen atoms in total. The van der Waals surface area contributed by atoms with Crippen LogP contribution in [0.3, 0.4) is 0 Å². The number of hydrogen-bond acceptors (Lipinski definition) is 6. The number of furan rings is 1. The van der Waals surface area contributed by atoms with Gasteiger partial charge in [0.2, 0.25) is 5.91 Å². The number of carbonyl (C=O) groups excluding carboxylic acids is 2. The number of amides is 2. The minimum atomic E-state index is -0.302. The van der Waals surface area contributed by atoms with Crippen LogP contribution in [0, 0.1) is 0 Å². The fourth-order valence-corrected chi connectivity index (χ4v) is 4.71. The predicted octanol–water partition coefficient (Wildman–Crippen LogP) is 4.42. The summed E-state index contributed by atoms with van der Waals surface area (Å²) in [5.41, 5.74) is 2.26. The van der Waals surface area contributed by atoms with Crippen LogP contribution in [-0.4, -0.2) is 47.9 Å². The topological polar surface area (TPSA) is 78.7 Å². The van der Waals surface area contributed by atoms with Gasteiger partial charge in [0.1, 0.15) is 5.58 Å². The van der Waals surface area contributed by atoms with Crippen LogP contribution in [0.1, 0.15) is 22.5 Å². The summed E-state index contributed by atoms with van der Waals surface area (Å²) in [5.74, 6) is 0.0860. The molecule has 0 saturated carbocycles. The summed E-state index contributed by atoms with van der Waals surface area (Å²) in [5, 5.41) is 6.74. The molecule has 2 amide bonds. The van der Waals surface area contributed by atoms with Crippen molar-refractivity contribution >= 4 is 44.9 Å². The van der Waals surface area contributed by atoms with Gasteiger partial charge in [0, 0.05) is 48.8 Å². The lowest BCUT2D eigenvalue weighted by molar-refractivity contribution is -0.130. The van der Waals surface area contributed by atoms with Gasteiger partial charge in [-0.05, 0) is 36.2 Å². The molecule has 2 aromatic carbocycles. The fraction of sp³-hybridized carbons (Fsp3) is 0.240. The molecule has 0 atom stereocenters. The Bertz CT molecular complexity index is 1220. The highest BCUT2D eigenvalue weighted by Gasteiger charge is 2.20. The summed E-state index contributed by atoms with van der Waals surface area (Å²) in [4.78, 5) is 33.9. The molecule has 0 unspecified atom stereocenters. The first-order chi connectivity index (χ1) is 16.2. The molecule has 2 aromatic heterocycles. The van der Waals surface area contributed by atoms with Gasteiger partial charge < -0.3 is 19.5 Å². The Morgan fingerprint density at radius 2 is 1.88 bits per heavy atom. The van der Waals surface area contributed by atoms with Crippen LogP contribution in [0.25, 0.3) is 11.0 Å². The fourth-order valence-electron chi connectivity index (χ4n) is 4.01. The zero-order valence-corrected chi connectivity index (χ0v) is 18.9. The average molecular weight is 461 g/mol. The zero-order valence-electron chi connectivity index (χ0n) is 18.1. The maximum absolute atomic E-state index is 12.9. The zero-order chi connectivity index (χ0) is 22.6. The molecule has 168 valence electrons. The number of nitrogens with one attached hydrogen (secondary N) is 1. The Balaban J connectivity index is 1.16. The van der Waals surface area contributed by atoms with Crippen LogP contribution in [0.5, 0.6) is 0 Å². The molecule has 0 bridgehead atoms. The summed E-state index contributed by atoms with van der Waals surface area (Å²) in [7, 11) is 0. The van der Waals surface area contributed by atoms with E-state index in [-0.39, 0.29) is 17.6 Å². The molecular weight excluding hydrogens is 436 g/mol. The van der Waals surface area contributed by atoms with Gasteiger partial charge in [0.15, 0.2) is 10.9 Å². The van der Waals surface area contributed by atoms with Gasteiger partial charge in [-0.2, -0.15) is 0 Å². The third-order valence-electron chi connectivity index (χ3n) is 5.75. The first kappa shape index (κ1) is 21.2. The van der Waals surface area contributed by atoms with Crippen molar-refractivity contribution in [3.05, 3.63) is 77.5 Å². The van der Waals surface area contributed by atoms with Crippen LogP contribution >= 0.6 is 11.3 Å². The third kappa shape index (κ3) is 4.90. The van der Waals surface area contributed by atoms with Gasteiger partial charge >= 0.3 is 0 Å². The van der Waals surface area contributed by atoms with Crippen molar-refractivity contribution in [2.24, 2.45) is 0 Å². The second-order valence-corrected chi connectivity index (χ2v) is 8.89. The summed E-state index contributed by atoms with van der Waals surface area (Å²) in [6.07, 6.45) is 3.09. The Kier molecular flexibility index (Phi) is 6.08. The molecule has 1 aliphatic rings. The molecule has 1 N–H and O–H groups in total. The molecular formula is C25H24N4O3S. The number of rotatable bonds is 5. The van der Waals surface area contributed by atoms with Gasteiger partial charge in [-0.3, -0.25) is 9.59 Å². The molecule has 0 spiro atoms.